The van der Waals surface area contributed by atoms with Gasteiger partial charge in [-0.15, -0.1) is 0 Å². The van der Waals surface area contributed by atoms with Crippen LogP contribution >= 0.6 is 0 Å². The predicted molar refractivity (Wildman–Crippen MR) is 99.9 cm³/mol. The summed E-state index contributed by atoms with van der Waals surface area (Å²) < 4.78 is 8.13. The second-order valence-electron chi connectivity index (χ2n) is 8.24. The van der Waals surface area contributed by atoms with E-state index in [9.17, 15) is 0 Å². The van der Waals surface area contributed by atoms with Crippen LogP contribution in [0.1, 0.15) is 51.3 Å². The van der Waals surface area contributed by atoms with Crippen molar-refractivity contribution in [3.63, 3.8) is 0 Å². The zero-order chi connectivity index (χ0) is 17.8. The molecule has 0 unspecified atom stereocenters. The second-order valence-corrected chi connectivity index (χ2v) is 9.71. The van der Waals surface area contributed by atoms with Crippen molar-refractivity contribution in [2.45, 2.75) is 57.4 Å². The Kier molecular flexibility index (Phi) is 4.05. The SMILES string of the molecule is CC(C)(C)O[C@H]1C[C@H](c2ccccc2)N2c3ccccc3[C](=[W])[C@@]12C. The summed E-state index contributed by atoms with van der Waals surface area (Å²) in [5.41, 5.74) is 3.95. The molecule has 2 aliphatic rings. The van der Waals surface area contributed by atoms with Crippen molar-refractivity contribution in [2.75, 3.05) is 4.90 Å². The molecule has 0 aromatic heterocycles. The Morgan fingerprint density at radius 1 is 1.04 bits per heavy atom. The van der Waals surface area contributed by atoms with Gasteiger partial charge in [0.25, 0.3) is 0 Å². The summed E-state index contributed by atoms with van der Waals surface area (Å²) in [6.45, 7) is 8.89. The van der Waals surface area contributed by atoms with Crippen molar-refractivity contribution < 1.29 is 24.1 Å². The summed E-state index contributed by atoms with van der Waals surface area (Å²) >= 11 is 1.55. The number of anilines is 1. The summed E-state index contributed by atoms with van der Waals surface area (Å²) in [6.07, 6.45) is 1.22. The maximum absolute atomic E-state index is 6.62. The third-order valence-electron chi connectivity index (χ3n) is 5.42. The van der Waals surface area contributed by atoms with Crippen molar-refractivity contribution in [1.29, 1.82) is 0 Å². The van der Waals surface area contributed by atoms with Gasteiger partial charge < -0.3 is 0 Å². The van der Waals surface area contributed by atoms with Crippen LogP contribution in [0.3, 0.4) is 0 Å². The first-order chi connectivity index (χ1) is 11.8. The molecule has 2 nitrogen and oxygen atoms in total. The molecule has 0 radical (unpaired) electrons. The number of fused-ring (bicyclic) bond motifs is 3. The van der Waals surface area contributed by atoms with Gasteiger partial charge in [-0.2, -0.15) is 0 Å². The molecule has 2 aromatic carbocycles. The minimum absolute atomic E-state index is 0.0627. The van der Waals surface area contributed by atoms with Gasteiger partial charge in [0.05, 0.1) is 0 Å². The summed E-state index contributed by atoms with van der Waals surface area (Å²) in [4.78, 5) is 2.64. The molecule has 0 N–H and O–H groups in total. The number of rotatable bonds is 2. The first kappa shape index (κ1) is 17.2. The minimum atomic E-state index is -0.144. The number of nitrogens with zero attached hydrogens (tertiary/aromatic N) is 1. The van der Waals surface area contributed by atoms with E-state index >= 15 is 0 Å². The van der Waals surface area contributed by atoms with Gasteiger partial charge >= 0.3 is 162 Å². The molecule has 1 fully saturated rings. The van der Waals surface area contributed by atoms with Gasteiger partial charge in [0.2, 0.25) is 0 Å². The monoisotopic (exact) mass is 503 g/mol. The first-order valence-electron chi connectivity index (χ1n) is 8.98. The normalized spacial score (nSPS) is 28.2. The van der Waals surface area contributed by atoms with Crippen molar-refractivity contribution in [1.82, 2.24) is 0 Å². The van der Waals surface area contributed by atoms with Gasteiger partial charge in [0.1, 0.15) is 0 Å². The number of hydrogen-bond acceptors (Lipinski definition) is 2. The Bertz CT molecular complexity index is 810. The number of benzene rings is 2. The molecule has 130 valence electrons. The summed E-state index contributed by atoms with van der Waals surface area (Å²) in [7, 11) is 0. The fourth-order valence-corrected chi connectivity index (χ4v) is 5.83. The van der Waals surface area contributed by atoms with E-state index in [4.69, 9.17) is 4.74 Å². The van der Waals surface area contributed by atoms with Crippen molar-refractivity contribution in [3.05, 3.63) is 65.7 Å². The number of hydrogen-bond donors (Lipinski definition) is 0. The van der Waals surface area contributed by atoms with E-state index in [2.05, 4.69) is 87.2 Å². The van der Waals surface area contributed by atoms with Crippen LogP contribution in [-0.4, -0.2) is 21.1 Å². The van der Waals surface area contributed by atoms with E-state index in [-0.39, 0.29) is 17.2 Å². The van der Waals surface area contributed by atoms with Crippen LogP contribution in [0, 0.1) is 0 Å². The molecular weight excluding hydrogens is 478 g/mol. The quantitative estimate of drug-likeness (QED) is 0.592. The molecule has 0 aliphatic carbocycles. The molecule has 2 aromatic rings. The van der Waals surface area contributed by atoms with E-state index in [1.807, 2.05) is 0 Å². The van der Waals surface area contributed by atoms with E-state index in [1.165, 1.54) is 20.7 Å². The third kappa shape index (κ3) is 2.66. The summed E-state index contributed by atoms with van der Waals surface area (Å²) in [5.74, 6) is 0. The van der Waals surface area contributed by atoms with Crippen LogP contribution in [0.25, 0.3) is 0 Å². The fourth-order valence-electron chi connectivity index (χ4n) is 4.39. The molecule has 0 spiro atoms. The molecule has 0 bridgehead atoms. The van der Waals surface area contributed by atoms with Crippen LogP contribution in [0.2, 0.25) is 0 Å². The summed E-state index contributed by atoms with van der Waals surface area (Å²) in [5, 5.41) is 0. The van der Waals surface area contributed by atoms with Crippen LogP contribution in [-0.2, 0) is 24.1 Å². The Balaban J connectivity index is 1.86. The van der Waals surface area contributed by atoms with Gasteiger partial charge in [-0.3, -0.25) is 0 Å². The molecule has 25 heavy (non-hydrogen) atoms. The molecule has 0 saturated carbocycles. The topological polar surface area (TPSA) is 12.5 Å². The second kappa shape index (κ2) is 5.89. The van der Waals surface area contributed by atoms with Crippen LogP contribution in [0.4, 0.5) is 5.69 Å². The Morgan fingerprint density at radius 2 is 1.68 bits per heavy atom. The first-order valence-corrected chi connectivity index (χ1v) is 10.4. The molecule has 3 heteroatoms. The zero-order valence-corrected chi connectivity index (χ0v) is 18.3. The molecular formula is C22H25NOW. The zero-order valence-electron chi connectivity index (χ0n) is 15.3. The Hall–Kier alpha value is -1.24. The standard InChI is InChI=1S/C22H25NO.W/c1-21(2,3)24-20-14-19(16-10-6-5-7-11-16)23-18-13-9-8-12-17(18)15-22(20,23)4;/h5-13,19-20H,14H2,1-4H3;/t19-,20+,22+;/m1./s1. The van der Waals surface area contributed by atoms with Crippen molar-refractivity contribution in [2.24, 2.45) is 0 Å². The van der Waals surface area contributed by atoms with Gasteiger partial charge in [0, 0.05) is 0 Å². The maximum atomic E-state index is 6.62. The molecule has 4 rings (SSSR count). The molecule has 2 aliphatic heterocycles. The van der Waals surface area contributed by atoms with E-state index < -0.39 is 0 Å². The van der Waals surface area contributed by atoms with Gasteiger partial charge in [0.15, 0.2) is 0 Å². The fraction of sp³-hybridized carbons (Fsp3) is 0.409. The van der Waals surface area contributed by atoms with Gasteiger partial charge in [-0.1, -0.05) is 0 Å². The average molecular weight is 503 g/mol. The van der Waals surface area contributed by atoms with Crippen molar-refractivity contribution in [3.8, 4) is 0 Å². The molecule has 3 atom stereocenters. The van der Waals surface area contributed by atoms with Gasteiger partial charge in [-0.25, -0.2) is 0 Å². The summed E-state index contributed by atoms with van der Waals surface area (Å²) in [6, 6.07) is 20.1. The Morgan fingerprint density at radius 3 is 2.36 bits per heavy atom. The van der Waals surface area contributed by atoms with Crippen LogP contribution in [0.5, 0.6) is 0 Å². The molecule has 0 amide bonds. The van der Waals surface area contributed by atoms with E-state index in [0.29, 0.717) is 6.04 Å². The molecule has 1 saturated heterocycles. The van der Waals surface area contributed by atoms with E-state index in [1.54, 1.807) is 19.4 Å². The third-order valence-corrected chi connectivity index (χ3v) is 7.70. The molecule has 2 heterocycles. The average Bonchev–Trinajstić information content (AvgIpc) is 2.98. The van der Waals surface area contributed by atoms with E-state index in [0.717, 1.165) is 6.42 Å². The number of ether oxygens (including phenoxy) is 1. The van der Waals surface area contributed by atoms with Crippen molar-refractivity contribution >= 4 is 9.59 Å². The Labute approximate surface area is 161 Å². The number of para-hydroxylation sites is 1. The predicted octanol–water partition coefficient (Wildman–Crippen LogP) is 4.66. The van der Waals surface area contributed by atoms with Crippen LogP contribution in [0.15, 0.2) is 54.6 Å². The van der Waals surface area contributed by atoms with Gasteiger partial charge in [-0.05, 0) is 0 Å². The van der Waals surface area contributed by atoms with Crippen LogP contribution < -0.4 is 4.90 Å².